The molecule has 1 aliphatic heterocycles. The van der Waals surface area contributed by atoms with E-state index in [0.717, 1.165) is 16.3 Å². The Labute approximate surface area is 224 Å². The number of allylic oxidation sites excluding steroid dienone is 2. The predicted molar refractivity (Wildman–Crippen MR) is 147 cm³/mol. The van der Waals surface area contributed by atoms with Gasteiger partial charge in [0.25, 0.3) is 5.56 Å². The molecule has 0 saturated carbocycles. The first-order valence-electron chi connectivity index (χ1n) is 11.4. The van der Waals surface area contributed by atoms with Gasteiger partial charge in [0.1, 0.15) is 5.75 Å². The average molecular weight is 579 g/mol. The number of benzene rings is 3. The molecule has 1 unspecified atom stereocenters. The van der Waals surface area contributed by atoms with E-state index in [-0.39, 0.29) is 22.8 Å². The summed E-state index contributed by atoms with van der Waals surface area (Å²) in [6, 6.07) is 14.3. The number of hydrogen-bond donors (Lipinski definition) is 1. The molecule has 1 aromatic heterocycles. The van der Waals surface area contributed by atoms with E-state index in [2.05, 4.69) is 20.9 Å². The van der Waals surface area contributed by atoms with Crippen LogP contribution in [-0.4, -0.2) is 29.7 Å². The molecule has 7 nitrogen and oxygen atoms in total. The van der Waals surface area contributed by atoms with Crippen molar-refractivity contribution in [2.75, 3.05) is 14.2 Å². The fraction of sp³-hybridized carbons (Fsp3) is 0.179. The fourth-order valence-corrected chi connectivity index (χ4v) is 6.27. The van der Waals surface area contributed by atoms with E-state index in [4.69, 9.17) is 9.47 Å². The van der Waals surface area contributed by atoms with Crippen LogP contribution in [0, 0.1) is 0 Å². The molecule has 188 valence electrons. The first-order valence-corrected chi connectivity index (χ1v) is 13.0. The van der Waals surface area contributed by atoms with Crippen LogP contribution in [0.15, 0.2) is 74.1 Å². The number of methoxy groups -OCH3 is 2. The largest absolute Gasteiger partial charge is 0.503 e. The normalized spacial score (nSPS) is 15.5. The number of ether oxygens (including phenoxy) is 2. The van der Waals surface area contributed by atoms with Crippen molar-refractivity contribution >= 4 is 49.9 Å². The van der Waals surface area contributed by atoms with Crippen LogP contribution in [0.1, 0.15) is 31.0 Å². The van der Waals surface area contributed by atoms with Crippen molar-refractivity contribution in [1.82, 2.24) is 4.57 Å². The average Bonchev–Trinajstić information content (AvgIpc) is 3.18. The number of phenols is 1. The molecular formula is C28H23BrN2O5S. The molecule has 0 fully saturated rings. The second-order valence-electron chi connectivity index (χ2n) is 8.59. The number of hydrogen-bond acceptors (Lipinski definition) is 7. The van der Waals surface area contributed by atoms with Crippen molar-refractivity contribution in [3.8, 4) is 17.2 Å². The molecule has 0 saturated heterocycles. The second-order valence-corrected chi connectivity index (χ2v) is 10.5. The van der Waals surface area contributed by atoms with Gasteiger partial charge in [0.2, 0.25) is 0 Å². The monoisotopic (exact) mass is 578 g/mol. The number of thiazole rings is 1. The molecule has 0 aliphatic carbocycles. The number of carbonyl (C=O) groups is 1. The van der Waals surface area contributed by atoms with E-state index >= 15 is 0 Å². The van der Waals surface area contributed by atoms with Crippen molar-refractivity contribution in [2.24, 2.45) is 4.99 Å². The molecule has 2 heterocycles. The van der Waals surface area contributed by atoms with Gasteiger partial charge >= 0.3 is 0 Å². The van der Waals surface area contributed by atoms with E-state index in [1.165, 1.54) is 25.4 Å². The van der Waals surface area contributed by atoms with E-state index in [0.29, 0.717) is 36.4 Å². The number of ketones is 1. The Morgan fingerprint density at radius 2 is 1.86 bits per heavy atom. The summed E-state index contributed by atoms with van der Waals surface area (Å²) in [4.78, 5) is 32.0. The third-order valence-electron chi connectivity index (χ3n) is 6.39. The number of halogens is 1. The van der Waals surface area contributed by atoms with E-state index in [1.807, 2.05) is 36.4 Å². The smallest absolute Gasteiger partial charge is 0.271 e. The number of rotatable bonds is 5. The Hall–Kier alpha value is -3.69. The zero-order valence-electron chi connectivity index (χ0n) is 20.5. The van der Waals surface area contributed by atoms with Gasteiger partial charge in [-0.25, -0.2) is 4.99 Å². The highest BCUT2D eigenvalue weighted by Crippen LogP contribution is 2.40. The van der Waals surface area contributed by atoms with Crippen molar-refractivity contribution < 1.29 is 19.4 Å². The van der Waals surface area contributed by atoms with Gasteiger partial charge in [-0.3, -0.25) is 14.2 Å². The molecule has 3 aromatic carbocycles. The first kappa shape index (κ1) is 25.0. The summed E-state index contributed by atoms with van der Waals surface area (Å²) in [5.41, 5.74) is 2.13. The van der Waals surface area contributed by atoms with Crippen LogP contribution < -0.4 is 24.4 Å². The zero-order valence-corrected chi connectivity index (χ0v) is 22.9. The molecule has 0 spiro atoms. The molecule has 5 rings (SSSR count). The number of nitrogens with zero attached hydrogens (tertiary/aromatic N) is 2. The van der Waals surface area contributed by atoms with E-state index < -0.39 is 6.04 Å². The van der Waals surface area contributed by atoms with Crippen molar-refractivity contribution in [1.29, 1.82) is 0 Å². The summed E-state index contributed by atoms with van der Waals surface area (Å²) in [6.45, 7) is 3.29. The maximum atomic E-state index is 13.9. The van der Waals surface area contributed by atoms with Crippen LogP contribution in [0.2, 0.25) is 0 Å². The van der Waals surface area contributed by atoms with E-state index in [9.17, 15) is 14.7 Å². The third kappa shape index (κ3) is 4.18. The lowest BCUT2D eigenvalue weighted by Gasteiger charge is -2.27. The Morgan fingerprint density at radius 1 is 1.14 bits per heavy atom. The van der Waals surface area contributed by atoms with Crippen LogP contribution >= 0.6 is 27.3 Å². The maximum absolute atomic E-state index is 13.9. The third-order valence-corrected chi connectivity index (χ3v) is 7.98. The lowest BCUT2D eigenvalue weighted by molar-refractivity contribution is -0.114. The molecule has 0 amide bonds. The van der Waals surface area contributed by atoms with Crippen LogP contribution in [0.25, 0.3) is 16.8 Å². The summed E-state index contributed by atoms with van der Waals surface area (Å²) in [6.07, 6.45) is 1.72. The molecule has 37 heavy (non-hydrogen) atoms. The Balaban J connectivity index is 1.84. The number of fused-ring (bicyclic) bond motifs is 2. The molecule has 1 atom stereocenters. The van der Waals surface area contributed by atoms with Gasteiger partial charge in [0.05, 0.1) is 29.3 Å². The minimum absolute atomic E-state index is 0.0223. The highest BCUT2D eigenvalue weighted by molar-refractivity contribution is 9.10. The van der Waals surface area contributed by atoms with Gasteiger partial charge in [-0.1, -0.05) is 41.7 Å². The summed E-state index contributed by atoms with van der Waals surface area (Å²) >= 11 is 4.57. The molecule has 0 bridgehead atoms. The Morgan fingerprint density at radius 3 is 2.57 bits per heavy atom. The Bertz CT molecular complexity index is 1800. The SMILES string of the molecule is COc1cc(/C=c2/sc3n(c2=O)C(c2c(OC)ccc4ccccc24)C(C(C)=O)=C(C)N=3)cc(Br)c1O. The quantitative estimate of drug-likeness (QED) is 0.377. The van der Waals surface area contributed by atoms with Gasteiger partial charge < -0.3 is 14.6 Å². The molecule has 4 aromatic rings. The molecule has 0 radical (unpaired) electrons. The summed E-state index contributed by atoms with van der Waals surface area (Å²) < 4.78 is 13.5. The highest BCUT2D eigenvalue weighted by atomic mass is 79.9. The number of carbonyl (C=O) groups excluding carboxylic acids is 1. The minimum atomic E-state index is -0.710. The fourth-order valence-electron chi connectivity index (χ4n) is 4.76. The number of aromatic nitrogens is 1. The first-order chi connectivity index (χ1) is 17.7. The lowest BCUT2D eigenvalue weighted by Crippen LogP contribution is -2.39. The predicted octanol–water partition coefficient (Wildman–Crippen LogP) is 4.46. The minimum Gasteiger partial charge on any atom is -0.503 e. The topological polar surface area (TPSA) is 90.1 Å². The second kappa shape index (κ2) is 9.64. The number of Topliss-reactive ketones (excluding diaryl/α,β-unsaturated/α-hetero) is 1. The molecule has 9 heteroatoms. The van der Waals surface area contributed by atoms with Crippen molar-refractivity contribution in [3.63, 3.8) is 0 Å². The van der Waals surface area contributed by atoms with Crippen LogP contribution in [0.5, 0.6) is 17.2 Å². The Kier molecular flexibility index (Phi) is 6.51. The zero-order chi connectivity index (χ0) is 26.4. The summed E-state index contributed by atoms with van der Waals surface area (Å²) in [5.74, 6) is 0.675. The van der Waals surface area contributed by atoms with Crippen LogP contribution in [-0.2, 0) is 4.79 Å². The van der Waals surface area contributed by atoms with E-state index in [1.54, 1.807) is 36.8 Å². The van der Waals surface area contributed by atoms with Crippen molar-refractivity contribution in [3.05, 3.63) is 95.1 Å². The highest BCUT2D eigenvalue weighted by Gasteiger charge is 2.33. The molecule has 1 aliphatic rings. The van der Waals surface area contributed by atoms with Gasteiger partial charge in [-0.05, 0) is 70.4 Å². The van der Waals surface area contributed by atoms with Crippen LogP contribution in [0.3, 0.4) is 0 Å². The van der Waals surface area contributed by atoms with Gasteiger partial charge in [-0.15, -0.1) is 0 Å². The van der Waals surface area contributed by atoms with Gasteiger partial charge in [0, 0.05) is 16.8 Å². The molecular weight excluding hydrogens is 556 g/mol. The standard InChI is InChI=1S/C28H23BrN2O5S/c1-14-23(15(2)32)25(24-18-8-6-5-7-17(18)9-10-20(24)35-3)31-27(34)22(37-28(31)30-14)13-16-11-19(29)26(33)21(12-16)36-4/h5-13,25,33H,1-4H3/b22-13+. The molecule has 1 N–H and O–H groups in total. The van der Waals surface area contributed by atoms with Crippen molar-refractivity contribution in [2.45, 2.75) is 19.9 Å². The van der Waals surface area contributed by atoms with Crippen LogP contribution in [0.4, 0.5) is 0 Å². The van der Waals surface area contributed by atoms with Gasteiger partial charge in [0.15, 0.2) is 22.1 Å². The lowest BCUT2D eigenvalue weighted by atomic mass is 9.89. The summed E-state index contributed by atoms with van der Waals surface area (Å²) in [7, 11) is 3.04. The number of aromatic hydroxyl groups is 1. The summed E-state index contributed by atoms with van der Waals surface area (Å²) in [5, 5.41) is 12.0. The number of phenolic OH excluding ortho intramolecular Hbond substituents is 1. The van der Waals surface area contributed by atoms with Gasteiger partial charge in [-0.2, -0.15) is 0 Å². The maximum Gasteiger partial charge on any atom is 0.271 e.